The van der Waals surface area contributed by atoms with Crippen LogP contribution in [0, 0.1) is 0 Å². The van der Waals surface area contributed by atoms with Gasteiger partial charge in [-0.3, -0.25) is 14.6 Å². The molecule has 1 aliphatic heterocycles. The van der Waals surface area contributed by atoms with Crippen LogP contribution < -0.4 is 5.32 Å². The predicted octanol–water partition coefficient (Wildman–Crippen LogP) is 1.63. The summed E-state index contributed by atoms with van der Waals surface area (Å²) in [6, 6.07) is 12.5. The van der Waals surface area contributed by atoms with Crippen LogP contribution in [0.1, 0.15) is 15.9 Å². The smallest absolute Gasteiger partial charge is 0.270 e. The van der Waals surface area contributed by atoms with Crippen LogP contribution >= 0.6 is 0 Å². The number of carbonyl (C=O) groups excluding carboxylic acids is 2. The van der Waals surface area contributed by atoms with Crippen molar-refractivity contribution in [3.05, 3.63) is 71.7 Å². The van der Waals surface area contributed by atoms with Gasteiger partial charge in [-0.15, -0.1) is 0 Å². The molecule has 1 N–H and O–H groups in total. The van der Waals surface area contributed by atoms with Gasteiger partial charge < -0.3 is 15.1 Å². The molecule has 2 heterocycles. The molecule has 0 unspecified atom stereocenters. The van der Waals surface area contributed by atoms with E-state index in [1.165, 1.54) is 0 Å². The molecule has 0 saturated carbocycles. The van der Waals surface area contributed by atoms with Crippen molar-refractivity contribution in [1.29, 1.82) is 0 Å². The van der Waals surface area contributed by atoms with Crippen LogP contribution in [0.5, 0.6) is 0 Å². The predicted molar refractivity (Wildman–Crippen MR) is 100 cm³/mol. The molecular weight excluding hydrogens is 328 g/mol. The van der Waals surface area contributed by atoms with E-state index < -0.39 is 0 Å². The first-order valence-corrected chi connectivity index (χ1v) is 8.59. The molecular formula is C20H22N4O2. The van der Waals surface area contributed by atoms with E-state index >= 15 is 0 Å². The van der Waals surface area contributed by atoms with Crippen LogP contribution in [-0.2, 0) is 4.79 Å². The highest BCUT2D eigenvalue weighted by atomic mass is 16.2. The van der Waals surface area contributed by atoms with Crippen LogP contribution in [0.15, 0.2) is 60.6 Å². The number of nitrogens with zero attached hydrogens (tertiary/aromatic N) is 3. The Bertz CT molecular complexity index is 782. The molecule has 0 aliphatic carbocycles. The topological polar surface area (TPSA) is 65.5 Å². The largest absolute Gasteiger partial charge is 0.335 e. The first-order chi connectivity index (χ1) is 12.6. The fraction of sp³-hybridized carbons (Fsp3) is 0.250. The second-order valence-corrected chi connectivity index (χ2v) is 6.26. The molecule has 134 valence electrons. The fourth-order valence-electron chi connectivity index (χ4n) is 2.74. The molecule has 0 radical (unpaired) electrons. The molecule has 1 aromatic carbocycles. The van der Waals surface area contributed by atoms with E-state index in [1.807, 2.05) is 19.2 Å². The Hall–Kier alpha value is -2.99. The third-order valence-corrected chi connectivity index (χ3v) is 4.30. The summed E-state index contributed by atoms with van der Waals surface area (Å²) in [5.74, 6) is -0.477. The number of likely N-dealkylation sites (N-methyl/N-ethyl adjacent to an activating group) is 1. The molecule has 0 bridgehead atoms. The lowest BCUT2D eigenvalue weighted by molar-refractivity contribution is -0.128. The monoisotopic (exact) mass is 350 g/mol. The number of aromatic nitrogens is 1. The number of benzene rings is 1. The number of pyridine rings is 1. The van der Waals surface area contributed by atoms with Gasteiger partial charge in [0.1, 0.15) is 5.70 Å². The van der Waals surface area contributed by atoms with Crippen molar-refractivity contribution in [2.45, 2.75) is 0 Å². The molecule has 1 fully saturated rings. The minimum Gasteiger partial charge on any atom is -0.335 e. The molecule has 1 saturated heterocycles. The summed E-state index contributed by atoms with van der Waals surface area (Å²) in [6.45, 7) is 2.92. The van der Waals surface area contributed by atoms with E-state index in [4.69, 9.17) is 0 Å². The minimum absolute atomic E-state index is 0.175. The maximum Gasteiger partial charge on any atom is 0.270 e. The SMILES string of the molecule is CN1CCN(C(=O)/C(=C/c2cccnc2)NC(=O)c2ccccc2)CC1. The van der Waals surface area contributed by atoms with E-state index in [0.29, 0.717) is 18.7 Å². The third kappa shape index (κ3) is 4.55. The number of hydrogen-bond donors (Lipinski definition) is 1. The van der Waals surface area contributed by atoms with Gasteiger partial charge in [-0.05, 0) is 36.9 Å². The van der Waals surface area contributed by atoms with Crippen LogP contribution in [0.4, 0.5) is 0 Å². The number of carbonyl (C=O) groups is 2. The molecule has 1 aliphatic rings. The average molecular weight is 350 g/mol. The van der Waals surface area contributed by atoms with Gasteiger partial charge >= 0.3 is 0 Å². The molecule has 6 nitrogen and oxygen atoms in total. The van der Waals surface area contributed by atoms with Crippen molar-refractivity contribution in [3.63, 3.8) is 0 Å². The number of amides is 2. The molecule has 3 rings (SSSR count). The quantitative estimate of drug-likeness (QED) is 0.851. The van der Waals surface area contributed by atoms with Gasteiger partial charge in [0.25, 0.3) is 11.8 Å². The molecule has 26 heavy (non-hydrogen) atoms. The molecule has 6 heteroatoms. The minimum atomic E-state index is -0.303. The lowest BCUT2D eigenvalue weighted by Crippen LogP contribution is -2.49. The first-order valence-electron chi connectivity index (χ1n) is 8.59. The van der Waals surface area contributed by atoms with Crippen LogP contribution in [0.25, 0.3) is 6.08 Å². The van der Waals surface area contributed by atoms with Gasteiger partial charge in [-0.2, -0.15) is 0 Å². The van der Waals surface area contributed by atoms with Gasteiger partial charge in [0.05, 0.1) is 0 Å². The molecule has 1 aromatic heterocycles. The van der Waals surface area contributed by atoms with Gasteiger partial charge in [0.2, 0.25) is 0 Å². The Labute approximate surface area is 153 Å². The summed E-state index contributed by atoms with van der Waals surface area (Å²) in [6.07, 6.45) is 5.00. The van der Waals surface area contributed by atoms with Crippen molar-refractivity contribution in [1.82, 2.24) is 20.1 Å². The van der Waals surface area contributed by atoms with E-state index in [1.54, 1.807) is 53.7 Å². The zero-order chi connectivity index (χ0) is 18.4. The van der Waals surface area contributed by atoms with Crippen molar-refractivity contribution in [3.8, 4) is 0 Å². The Kier molecular flexibility index (Phi) is 5.76. The Morgan fingerprint density at radius 3 is 2.42 bits per heavy atom. The number of nitrogens with one attached hydrogen (secondary N) is 1. The highest BCUT2D eigenvalue weighted by Crippen LogP contribution is 2.10. The summed E-state index contributed by atoms with van der Waals surface area (Å²) in [5.41, 5.74) is 1.53. The number of rotatable bonds is 4. The summed E-state index contributed by atoms with van der Waals surface area (Å²) >= 11 is 0. The average Bonchev–Trinajstić information content (AvgIpc) is 2.69. The van der Waals surface area contributed by atoms with Crippen molar-refractivity contribution in [2.24, 2.45) is 0 Å². The van der Waals surface area contributed by atoms with Gasteiger partial charge in [-0.1, -0.05) is 24.3 Å². The lowest BCUT2D eigenvalue weighted by atomic mass is 10.1. The van der Waals surface area contributed by atoms with Crippen LogP contribution in [0.2, 0.25) is 0 Å². The Balaban J connectivity index is 1.83. The lowest BCUT2D eigenvalue weighted by Gasteiger charge is -2.33. The number of piperazine rings is 1. The summed E-state index contributed by atoms with van der Waals surface area (Å²) in [4.78, 5) is 33.5. The fourth-order valence-corrected chi connectivity index (χ4v) is 2.74. The first kappa shape index (κ1) is 17.8. The Morgan fingerprint density at radius 2 is 1.77 bits per heavy atom. The zero-order valence-corrected chi connectivity index (χ0v) is 14.8. The van der Waals surface area contributed by atoms with Crippen molar-refractivity contribution in [2.75, 3.05) is 33.2 Å². The second-order valence-electron chi connectivity index (χ2n) is 6.26. The molecule has 2 aromatic rings. The van der Waals surface area contributed by atoms with E-state index in [-0.39, 0.29) is 17.5 Å². The van der Waals surface area contributed by atoms with Gasteiger partial charge in [0, 0.05) is 44.1 Å². The van der Waals surface area contributed by atoms with Gasteiger partial charge in [-0.25, -0.2) is 0 Å². The summed E-state index contributed by atoms with van der Waals surface area (Å²) in [7, 11) is 2.03. The highest BCUT2D eigenvalue weighted by molar-refractivity contribution is 6.05. The second kappa shape index (κ2) is 8.40. The Morgan fingerprint density at radius 1 is 1.04 bits per heavy atom. The molecule has 0 atom stereocenters. The molecule has 2 amide bonds. The third-order valence-electron chi connectivity index (χ3n) is 4.30. The van der Waals surface area contributed by atoms with Crippen molar-refractivity contribution >= 4 is 17.9 Å². The van der Waals surface area contributed by atoms with Crippen LogP contribution in [0.3, 0.4) is 0 Å². The van der Waals surface area contributed by atoms with E-state index in [9.17, 15) is 9.59 Å². The van der Waals surface area contributed by atoms with E-state index in [2.05, 4.69) is 15.2 Å². The standard InChI is InChI=1S/C20H22N4O2/c1-23-10-12-24(13-11-23)20(26)18(14-16-6-5-9-21-15-16)22-19(25)17-7-3-2-4-8-17/h2-9,14-15H,10-13H2,1H3,(H,22,25)/b18-14-. The maximum atomic E-state index is 13.0. The van der Waals surface area contributed by atoms with Crippen LogP contribution in [-0.4, -0.2) is 59.8 Å². The zero-order valence-electron chi connectivity index (χ0n) is 14.8. The summed E-state index contributed by atoms with van der Waals surface area (Å²) in [5, 5.41) is 2.78. The molecule has 0 spiro atoms. The summed E-state index contributed by atoms with van der Waals surface area (Å²) < 4.78 is 0. The van der Waals surface area contributed by atoms with Crippen molar-refractivity contribution < 1.29 is 9.59 Å². The highest BCUT2D eigenvalue weighted by Gasteiger charge is 2.23. The van der Waals surface area contributed by atoms with E-state index in [0.717, 1.165) is 18.7 Å². The van der Waals surface area contributed by atoms with Gasteiger partial charge in [0.15, 0.2) is 0 Å². The maximum absolute atomic E-state index is 13.0. The number of hydrogen-bond acceptors (Lipinski definition) is 4. The normalized spacial score (nSPS) is 15.6.